The molecule has 0 radical (unpaired) electrons. The number of thiazole rings is 1. The van der Waals surface area contributed by atoms with Crippen LogP contribution in [0, 0.1) is 5.82 Å². The molecule has 25 heavy (non-hydrogen) atoms. The van der Waals surface area contributed by atoms with Crippen molar-refractivity contribution >= 4 is 22.4 Å². The number of anilines is 1. The predicted octanol–water partition coefficient (Wildman–Crippen LogP) is 2.15. The summed E-state index contributed by atoms with van der Waals surface area (Å²) in [6, 6.07) is 5.77. The number of carbonyl (C=O) groups is 1. The lowest BCUT2D eigenvalue weighted by Crippen LogP contribution is -2.51. The number of aryl methyl sites for hydroxylation is 1. The van der Waals surface area contributed by atoms with Crippen LogP contribution in [0.5, 0.6) is 5.75 Å². The van der Waals surface area contributed by atoms with Gasteiger partial charge < -0.3 is 20.5 Å². The van der Waals surface area contributed by atoms with Crippen molar-refractivity contribution in [2.24, 2.45) is 0 Å². The number of ether oxygens (including phenoxy) is 2. The summed E-state index contributed by atoms with van der Waals surface area (Å²) in [6.07, 6.45) is 1.16. The molecule has 2 heterocycles. The van der Waals surface area contributed by atoms with Crippen LogP contribution in [-0.2, 0) is 16.0 Å². The Bertz CT molecular complexity index is 725. The van der Waals surface area contributed by atoms with Gasteiger partial charge in [0.1, 0.15) is 17.7 Å². The lowest BCUT2D eigenvalue weighted by molar-refractivity contribution is -0.123. The van der Waals surface area contributed by atoms with Crippen molar-refractivity contribution < 1.29 is 18.7 Å². The van der Waals surface area contributed by atoms with E-state index in [1.165, 1.54) is 23.5 Å². The highest BCUT2D eigenvalue weighted by molar-refractivity contribution is 7.13. The Labute approximate surface area is 149 Å². The monoisotopic (exact) mass is 365 g/mol. The Hall–Kier alpha value is -2.19. The SMILES string of the molecule is Nc1nc(CCC(=O)N[C@@H]2CCOC[C@H]2Oc2cccc(F)c2)cs1. The largest absolute Gasteiger partial charge is 0.486 e. The van der Waals surface area contributed by atoms with Crippen molar-refractivity contribution in [2.45, 2.75) is 31.4 Å². The molecule has 0 unspecified atom stereocenters. The highest BCUT2D eigenvalue weighted by Gasteiger charge is 2.29. The Morgan fingerprint density at radius 3 is 3.16 bits per heavy atom. The van der Waals surface area contributed by atoms with Crippen molar-refractivity contribution in [3.8, 4) is 5.75 Å². The maximum Gasteiger partial charge on any atom is 0.220 e. The third-order valence-electron chi connectivity index (χ3n) is 3.91. The zero-order valence-electron chi connectivity index (χ0n) is 13.6. The highest BCUT2D eigenvalue weighted by Crippen LogP contribution is 2.19. The van der Waals surface area contributed by atoms with E-state index in [1.54, 1.807) is 12.1 Å². The minimum Gasteiger partial charge on any atom is -0.486 e. The van der Waals surface area contributed by atoms with Gasteiger partial charge in [0.05, 0.1) is 18.3 Å². The number of nitrogens with one attached hydrogen (secondary N) is 1. The molecule has 0 saturated carbocycles. The zero-order valence-corrected chi connectivity index (χ0v) is 14.4. The molecule has 2 aromatic rings. The molecule has 1 aromatic heterocycles. The van der Waals surface area contributed by atoms with Gasteiger partial charge in [-0.05, 0) is 25.0 Å². The molecule has 134 valence electrons. The van der Waals surface area contributed by atoms with Gasteiger partial charge in [0.2, 0.25) is 5.91 Å². The van der Waals surface area contributed by atoms with Crippen LogP contribution in [0.25, 0.3) is 0 Å². The minimum atomic E-state index is -0.364. The smallest absolute Gasteiger partial charge is 0.220 e. The van der Waals surface area contributed by atoms with E-state index in [1.807, 2.05) is 5.38 Å². The average molecular weight is 365 g/mol. The molecule has 1 amide bonds. The molecular weight excluding hydrogens is 345 g/mol. The number of rotatable bonds is 6. The molecular formula is C17H20FN3O3S. The van der Waals surface area contributed by atoms with Crippen molar-refractivity contribution in [3.63, 3.8) is 0 Å². The van der Waals surface area contributed by atoms with Crippen LogP contribution in [0.15, 0.2) is 29.6 Å². The number of aromatic nitrogens is 1. The van der Waals surface area contributed by atoms with Crippen molar-refractivity contribution in [2.75, 3.05) is 18.9 Å². The number of amides is 1. The van der Waals surface area contributed by atoms with E-state index in [4.69, 9.17) is 15.2 Å². The number of nitrogen functional groups attached to an aromatic ring is 1. The van der Waals surface area contributed by atoms with Crippen LogP contribution < -0.4 is 15.8 Å². The van der Waals surface area contributed by atoms with Gasteiger partial charge in [-0.25, -0.2) is 9.37 Å². The van der Waals surface area contributed by atoms with E-state index in [0.717, 1.165) is 5.69 Å². The number of nitrogens with zero attached hydrogens (tertiary/aromatic N) is 1. The first-order valence-electron chi connectivity index (χ1n) is 8.09. The third kappa shape index (κ3) is 5.14. The average Bonchev–Trinajstić information content (AvgIpc) is 3.00. The molecule has 3 rings (SSSR count). The van der Waals surface area contributed by atoms with Crippen LogP contribution in [-0.4, -0.2) is 36.3 Å². The first-order chi connectivity index (χ1) is 12.1. The van der Waals surface area contributed by atoms with Crippen molar-refractivity contribution in [1.29, 1.82) is 0 Å². The summed E-state index contributed by atoms with van der Waals surface area (Å²) in [6.45, 7) is 0.903. The molecule has 2 atom stereocenters. The molecule has 1 aromatic carbocycles. The number of hydrogen-bond donors (Lipinski definition) is 2. The molecule has 0 bridgehead atoms. The van der Waals surface area contributed by atoms with Gasteiger partial charge in [-0.1, -0.05) is 6.07 Å². The summed E-state index contributed by atoms with van der Waals surface area (Å²) in [5.74, 6) is -0.0173. The summed E-state index contributed by atoms with van der Waals surface area (Å²) in [7, 11) is 0. The van der Waals surface area contributed by atoms with Crippen LogP contribution in [0.4, 0.5) is 9.52 Å². The molecule has 0 spiro atoms. The molecule has 3 N–H and O–H groups in total. The first-order valence-corrected chi connectivity index (χ1v) is 8.97. The summed E-state index contributed by atoms with van der Waals surface area (Å²) in [5.41, 5.74) is 6.40. The quantitative estimate of drug-likeness (QED) is 0.819. The van der Waals surface area contributed by atoms with E-state index in [9.17, 15) is 9.18 Å². The van der Waals surface area contributed by atoms with Gasteiger partial charge in [0.25, 0.3) is 0 Å². The van der Waals surface area contributed by atoms with Gasteiger partial charge in [-0.3, -0.25) is 4.79 Å². The van der Waals surface area contributed by atoms with E-state index in [-0.39, 0.29) is 23.9 Å². The standard InChI is InChI=1S/C17H20FN3O3S/c18-11-2-1-3-13(8-11)24-15-9-23-7-6-14(15)21-16(22)5-4-12-10-25-17(19)20-12/h1-3,8,10,14-15H,4-7,9H2,(H2,19,20)(H,21,22)/t14-,15-/m1/s1. The second-order valence-corrected chi connectivity index (χ2v) is 6.72. The molecule has 6 nitrogen and oxygen atoms in total. The Kier molecular flexibility index (Phi) is 5.83. The molecule has 8 heteroatoms. The van der Waals surface area contributed by atoms with E-state index in [0.29, 0.717) is 43.4 Å². The summed E-state index contributed by atoms with van der Waals surface area (Å²) in [5, 5.41) is 5.34. The Balaban J connectivity index is 1.54. The number of benzene rings is 1. The topological polar surface area (TPSA) is 86.5 Å². The molecule has 1 aliphatic rings. The van der Waals surface area contributed by atoms with Crippen molar-refractivity contribution in [1.82, 2.24) is 10.3 Å². The van der Waals surface area contributed by atoms with Crippen LogP contribution in [0.2, 0.25) is 0 Å². The number of hydrogen-bond acceptors (Lipinski definition) is 6. The van der Waals surface area contributed by atoms with Crippen LogP contribution >= 0.6 is 11.3 Å². The van der Waals surface area contributed by atoms with Gasteiger partial charge in [0.15, 0.2) is 5.13 Å². The summed E-state index contributed by atoms with van der Waals surface area (Å²) in [4.78, 5) is 16.4. The fraction of sp³-hybridized carbons (Fsp3) is 0.412. The fourth-order valence-electron chi connectivity index (χ4n) is 2.67. The second kappa shape index (κ2) is 8.26. The highest BCUT2D eigenvalue weighted by atomic mass is 32.1. The summed E-state index contributed by atoms with van der Waals surface area (Å²) < 4.78 is 24.5. The lowest BCUT2D eigenvalue weighted by Gasteiger charge is -2.32. The second-order valence-electron chi connectivity index (χ2n) is 5.83. The predicted molar refractivity (Wildman–Crippen MR) is 93.0 cm³/mol. The molecule has 1 aliphatic heterocycles. The normalized spacial score (nSPS) is 20.2. The molecule has 0 aliphatic carbocycles. The van der Waals surface area contributed by atoms with Gasteiger partial charge in [-0.2, -0.15) is 0 Å². The van der Waals surface area contributed by atoms with Crippen molar-refractivity contribution in [3.05, 3.63) is 41.2 Å². The first kappa shape index (κ1) is 17.6. The maximum absolute atomic E-state index is 13.3. The summed E-state index contributed by atoms with van der Waals surface area (Å²) >= 11 is 1.36. The number of carbonyl (C=O) groups excluding carboxylic acids is 1. The zero-order chi connectivity index (χ0) is 17.6. The van der Waals surface area contributed by atoms with E-state index < -0.39 is 0 Å². The maximum atomic E-state index is 13.3. The number of nitrogens with two attached hydrogens (primary N) is 1. The Morgan fingerprint density at radius 1 is 1.52 bits per heavy atom. The third-order valence-corrected chi connectivity index (χ3v) is 4.63. The van der Waals surface area contributed by atoms with Crippen LogP contribution in [0.3, 0.4) is 0 Å². The molecule has 1 fully saturated rings. The van der Waals surface area contributed by atoms with Gasteiger partial charge in [-0.15, -0.1) is 11.3 Å². The van der Waals surface area contributed by atoms with Gasteiger partial charge >= 0.3 is 0 Å². The molecule has 1 saturated heterocycles. The van der Waals surface area contributed by atoms with E-state index in [2.05, 4.69) is 10.3 Å². The Morgan fingerprint density at radius 2 is 2.40 bits per heavy atom. The fourth-order valence-corrected chi connectivity index (χ4v) is 3.26. The van der Waals surface area contributed by atoms with Crippen LogP contribution in [0.1, 0.15) is 18.5 Å². The lowest BCUT2D eigenvalue weighted by atomic mass is 10.1. The number of halogens is 1. The minimum absolute atomic E-state index is 0.0775. The van der Waals surface area contributed by atoms with E-state index >= 15 is 0 Å². The van der Waals surface area contributed by atoms with Gasteiger partial charge in [0, 0.05) is 24.5 Å².